The third-order valence-corrected chi connectivity index (χ3v) is 2.85. The van der Waals surface area contributed by atoms with Crippen molar-refractivity contribution in [1.29, 1.82) is 0 Å². The molecule has 1 aliphatic carbocycles. The molecule has 0 aromatic carbocycles. The lowest BCUT2D eigenvalue weighted by molar-refractivity contribution is 0.245. The second-order valence-electron chi connectivity index (χ2n) is 3.51. The fourth-order valence-electron chi connectivity index (χ4n) is 1.51. The van der Waals surface area contributed by atoms with E-state index in [1.54, 1.807) is 0 Å². The van der Waals surface area contributed by atoms with Gasteiger partial charge in [0.05, 0.1) is 0 Å². The number of halogens is 1. The third kappa shape index (κ3) is 3.16. The average Bonchev–Trinajstić information content (AvgIpc) is 1.95. The molecule has 1 fully saturated rings. The summed E-state index contributed by atoms with van der Waals surface area (Å²) in [6, 6.07) is 0.679. The van der Waals surface area contributed by atoms with Gasteiger partial charge < -0.3 is 5.32 Å². The van der Waals surface area contributed by atoms with E-state index in [-0.39, 0.29) is 0 Å². The molecular weight excluding hydrogens is 170 g/mol. The van der Waals surface area contributed by atoms with Crippen LogP contribution in [0.25, 0.3) is 0 Å². The van der Waals surface area contributed by atoms with Crippen LogP contribution in [0, 0.1) is 5.92 Å². The van der Waals surface area contributed by atoms with Crippen molar-refractivity contribution in [2.75, 3.05) is 12.4 Å². The minimum atomic E-state index is 0.624. The van der Waals surface area contributed by atoms with Crippen LogP contribution in [-0.2, 0) is 0 Å². The Morgan fingerprint density at radius 1 is 1.50 bits per heavy atom. The topological polar surface area (TPSA) is 12.0 Å². The Kier molecular flexibility index (Phi) is 4.70. The van der Waals surface area contributed by atoms with Crippen molar-refractivity contribution in [3.8, 4) is 0 Å². The molecule has 1 saturated carbocycles. The summed E-state index contributed by atoms with van der Waals surface area (Å²) >= 11 is 5.50. The maximum Gasteiger partial charge on any atom is 0.0404 e. The second-order valence-corrected chi connectivity index (χ2v) is 3.82. The molecule has 1 unspecified atom stereocenters. The first kappa shape index (κ1) is 10.1. The lowest BCUT2D eigenvalue weighted by Gasteiger charge is -2.31. The molecule has 12 heavy (non-hydrogen) atoms. The van der Waals surface area contributed by atoms with Gasteiger partial charge in [-0.2, -0.15) is 0 Å². The van der Waals surface area contributed by atoms with Crippen LogP contribution in [0.15, 0.2) is 12.2 Å². The van der Waals surface area contributed by atoms with Gasteiger partial charge in [0, 0.05) is 18.5 Å². The van der Waals surface area contributed by atoms with Gasteiger partial charge in [0.15, 0.2) is 0 Å². The van der Waals surface area contributed by atoms with Gasteiger partial charge in [0.1, 0.15) is 0 Å². The summed E-state index contributed by atoms with van der Waals surface area (Å²) in [7, 11) is 0. The quantitative estimate of drug-likeness (QED) is 0.516. The van der Waals surface area contributed by atoms with E-state index in [1.165, 1.54) is 19.3 Å². The molecule has 1 aliphatic rings. The minimum Gasteiger partial charge on any atom is -0.311 e. The maximum absolute atomic E-state index is 5.50. The molecule has 2 heteroatoms. The molecule has 0 aromatic heterocycles. The van der Waals surface area contributed by atoms with Crippen molar-refractivity contribution in [2.24, 2.45) is 5.92 Å². The van der Waals surface area contributed by atoms with E-state index >= 15 is 0 Å². The SMILES string of the molecule is CC(NC/C=C/CCl)C1CCC1. The first-order chi connectivity index (χ1) is 5.84. The van der Waals surface area contributed by atoms with Crippen LogP contribution in [0.2, 0.25) is 0 Å². The smallest absolute Gasteiger partial charge is 0.0404 e. The predicted octanol–water partition coefficient (Wildman–Crippen LogP) is 2.56. The van der Waals surface area contributed by atoms with E-state index in [0.717, 1.165) is 12.5 Å². The number of alkyl halides is 1. The van der Waals surface area contributed by atoms with Gasteiger partial charge in [0.25, 0.3) is 0 Å². The average molecular weight is 188 g/mol. The number of rotatable bonds is 5. The Morgan fingerprint density at radius 3 is 2.75 bits per heavy atom. The van der Waals surface area contributed by atoms with E-state index in [9.17, 15) is 0 Å². The lowest BCUT2D eigenvalue weighted by atomic mass is 9.80. The highest BCUT2D eigenvalue weighted by Gasteiger charge is 2.22. The normalized spacial score (nSPS) is 21.2. The Labute approximate surface area is 80.2 Å². The molecule has 1 N–H and O–H groups in total. The standard InChI is InChI=1S/C10H18ClN/c1-9(10-5-4-6-10)12-8-3-2-7-11/h2-3,9-10,12H,4-8H2,1H3/b3-2+. The molecule has 0 spiro atoms. The van der Waals surface area contributed by atoms with Crippen LogP contribution < -0.4 is 5.32 Å². The zero-order valence-electron chi connectivity index (χ0n) is 7.72. The van der Waals surface area contributed by atoms with Crippen molar-refractivity contribution in [2.45, 2.75) is 32.2 Å². The van der Waals surface area contributed by atoms with Gasteiger partial charge in [-0.1, -0.05) is 18.6 Å². The van der Waals surface area contributed by atoms with Gasteiger partial charge in [-0.15, -0.1) is 11.6 Å². The summed E-state index contributed by atoms with van der Waals surface area (Å²) in [6.07, 6.45) is 8.33. The fourth-order valence-corrected chi connectivity index (χ4v) is 1.63. The first-order valence-corrected chi connectivity index (χ1v) is 5.32. The molecule has 1 nitrogen and oxygen atoms in total. The molecule has 0 saturated heterocycles. The monoisotopic (exact) mass is 187 g/mol. The van der Waals surface area contributed by atoms with Crippen LogP contribution in [0.4, 0.5) is 0 Å². The van der Waals surface area contributed by atoms with E-state index in [0.29, 0.717) is 11.9 Å². The lowest BCUT2D eigenvalue weighted by Crippen LogP contribution is -2.37. The molecule has 0 radical (unpaired) electrons. The number of hydrogen-bond acceptors (Lipinski definition) is 1. The van der Waals surface area contributed by atoms with Crippen LogP contribution in [0.1, 0.15) is 26.2 Å². The zero-order valence-corrected chi connectivity index (χ0v) is 8.48. The highest BCUT2D eigenvalue weighted by molar-refractivity contribution is 6.18. The maximum atomic E-state index is 5.50. The Hall–Kier alpha value is -0.0100. The molecule has 0 bridgehead atoms. The summed E-state index contributed by atoms with van der Waals surface area (Å²) in [5.41, 5.74) is 0. The zero-order chi connectivity index (χ0) is 8.81. The number of hydrogen-bond donors (Lipinski definition) is 1. The molecular formula is C10H18ClN. The molecule has 1 atom stereocenters. The fraction of sp³-hybridized carbons (Fsp3) is 0.800. The van der Waals surface area contributed by atoms with Crippen LogP contribution in [-0.4, -0.2) is 18.5 Å². The summed E-state index contributed by atoms with van der Waals surface area (Å²) in [6.45, 7) is 3.24. The van der Waals surface area contributed by atoms with E-state index in [1.807, 2.05) is 6.08 Å². The molecule has 1 rings (SSSR count). The molecule has 0 amide bonds. The van der Waals surface area contributed by atoms with Gasteiger partial charge in [-0.3, -0.25) is 0 Å². The van der Waals surface area contributed by atoms with E-state index in [4.69, 9.17) is 11.6 Å². The largest absolute Gasteiger partial charge is 0.311 e. The third-order valence-electron chi connectivity index (χ3n) is 2.67. The summed E-state index contributed by atoms with van der Waals surface area (Å²) in [4.78, 5) is 0. The highest BCUT2D eigenvalue weighted by atomic mass is 35.5. The van der Waals surface area contributed by atoms with E-state index < -0.39 is 0 Å². The van der Waals surface area contributed by atoms with Gasteiger partial charge in [-0.25, -0.2) is 0 Å². The molecule has 0 aromatic rings. The van der Waals surface area contributed by atoms with Crippen molar-refractivity contribution in [3.05, 3.63) is 12.2 Å². The van der Waals surface area contributed by atoms with Crippen molar-refractivity contribution in [3.63, 3.8) is 0 Å². The summed E-state index contributed by atoms with van der Waals surface area (Å²) in [5.74, 6) is 1.55. The predicted molar refractivity (Wildman–Crippen MR) is 54.7 cm³/mol. The Bertz CT molecular complexity index is 141. The molecule has 70 valence electrons. The minimum absolute atomic E-state index is 0.624. The number of nitrogens with one attached hydrogen (secondary N) is 1. The van der Waals surface area contributed by atoms with Crippen molar-refractivity contribution in [1.82, 2.24) is 5.32 Å². The van der Waals surface area contributed by atoms with Crippen LogP contribution in [0.3, 0.4) is 0 Å². The molecule has 0 heterocycles. The van der Waals surface area contributed by atoms with Crippen molar-refractivity contribution >= 4 is 11.6 Å². The van der Waals surface area contributed by atoms with Gasteiger partial charge in [0.2, 0.25) is 0 Å². The van der Waals surface area contributed by atoms with Crippen LogP contribution in [0.5, 0.6) is 0 Å². The first-order valence-electron chi connectivity index (χ1n) is 4.79. The Balaban J connectivity index is 2.01. The Morgan fingerprint density at radius 2 is 2.25 bits per heavy atom. The van der Waals surface area contributed by atoms with Crippen LogP contribution >= 0.6 is 11.6 Å². The number of allylic oxidation sites excluding steroid dienone is 1. The van der Waals surface area contributed by atoms with Gasteiger partial charge >= 0.3 is 0 Å². The highest BCUT2D eigenvalue weighted by Crippen LogP contribution is 2.29. The van der Waals surface area contributed by atoms with E-state index in [2.05, 4.69) is 18.3 Å². The summed E-state index contributed by atoms with van der Waals surface area (Å²) in [5, 5.41) is 3.47. The second kappa shape index (κ2) is 5.60. The van der Waals surface area contributed by atoms with Gasteiger partial charge in [-0.05, 0) is 25.7 Å². The summed E-state index contributed by atoms with van der Waals surface area (Å²) < 4.78 is 0. The molecule has 0 aliphatic heterocycles. The van der Waals surface area contributed by atoms with Crippen molar-refractivity contribution < 1.29 is 0 Å².